The molecule has 1 aliphatic heterocycles. The first-order valence-corrected chi connectivity index (χ1v) is 9.76. The van der Waals surface area contributed by atoms with Gasteiger partial charge in [-0.15, -0.1) is 0 Å². The Morgan fingerprint density at radius 2 is 1.96 bits per heavy atom. The first kappa shape index (κ1) is 17.0. The monoisotopic (exact) mass is 367 g/mol. The molecule has 0 amide bonds. The standard InChI is InChI=1S/C19H21N5OS/c1-19(2)8-11-14(12(25)9-19)13(10-4-6-21-7-5-10)15-16(20)23-18(26-3)24-17(15)22-11/h4-7,13H,8-9H2,1-3H3,(H3,20,22,23,24). The lowest BCUT2D eigenvalue weighted by Gasteiger charge is -2.39. The summed E-state index contributed by atoms with van der Waals surface area (Å²) in [5, 5.41) is 4.02. The fraction of sp³-hybridized carbons (Fsp3) is 0.368. The largest absolute Gasteiger partial charge is 0.383 e. The predicted octanol–water partition coefficient (Wildman–Crippen LogP) is 3.38. The molecule has 134 valence electrons. The first-order valence-electron chi connectivity index (χ1n) is 8.54. The molecule has 0 fully saturated rings. The second-order valence-electron chi connectivity index (χ2n) is 7.53. The maximum atomic E-state index is 13.1. The summed E-state index contributed by atoms with van der Waals surface area (Å²) >= 11 is 1.45. The molecule has 1 unspecified atom stereocenters. The Morgan fingerprint density at radius 1 is 1.23 bits per heavy atom. The van der Waals surface area contributed by atoms with Crippen LogP contribution in [0.5, 0.6) is 0 Å². The SMILES string of the molecule is CSc1nc(N)c2c(n1)NC1=C(C(=O)CC(C)(C)C1)C2c1ccncc1. The number of thioether (sulfide) groups is 1. The van der Waals surface area contributed by atoms with Gasteiger partial charge < -0.3 is 11.1 Å². The lowest BCUT2D eigenvalue weighted by atomic mass is 9.69. The summed E-state index contributed by atoms with van der Waals surface area (Å²) in [4.78, 5) is 26.2. The molecular weight excluding hydrogens is 346 g/mol. The molecule has 1 atom stereocenters. The van der Waals surface area contributed by atoms with E-state index in [4.69, 9.17) is 5.73 Å². The number of ketones is 1. The van der Waals surface area contributed by atoms with Gasteiger partial charge in [-0.05, 0) is 35.8 Å². The molecule has 0 spiro atoms. The number of hydrogen-bond donors (Lipinski definition) is 2. The zero-order valence-electron chi connectivity index (χ0n) is 15.0. The molecule has 26 heavy (non-hydrogen) atoms. The normalized spacial score (nSPS) is 21.0. The van der Waals surface area contributed by atoms with Gasteiger partial charge in [-0.25, -0.2) is 9.97 Å². The number of fused-ring (bicyclic) bond motifs is 1. The Morgan fingerprint density at radius 3 is 2.65 bits per heavy atom. The Hall–Kier alpha value is -2.41. The van der Waals surface area contributed by atoms with Gasteiger partial charge in [0.15, 0.2) is 10.9 Å². The second-order valence-corrected chi connectivity index (χ2v) is 8.30. The highest BCUT2D eigenvalue weighted by Crippen LogP contribution is 2.49. The van der Waals surface area contributed by atoms with Crippen molar-refractivity contribution >= 4 is 29.2 Å². The topological polar surface area (TPSA) is 93.8 Å². The van der Waals surface area contributed by atoms with E-state index in [2.05, 4.69) is 34.1 Å². The number of nitrogens with one attached hydrogen (secondary N) is 1. The maximum Gasteiger partial charge on any atom is 0.191 e. The van der Waals surface area contributed by atoms with Gasteiger partial charge >= 0.3 is 0 Å². The lowest BCUT2D eigenvalue weighted by Crippen LogP contribution is -2.34. The van der Waals surface area contributed by atoms with Crippen LogP contribution in [0.15, 0.2) is 41.0 Å². The van der Waals surface area contributed by atoms with Crippen molar-refractivity contribution in [1.82, 2.24) is 15.0 Å². The summed E-state index contributed by atoms with van der Waals surface area (Å²) in [6.45, 7) is 4.24. The van der Waals surface area contributed by atoms with Crippen molar-refractivity contribution in [3.05, 3.63) is 46.9 Å². The fourth-order valence-electron chi connectivity index (χ4n) is 3.89. The molecule has 4 rings (SSSR count). The molecule has 2 aromatic rings. The number of allylic oxidation sites excluding steroid dienone is 2. The Bertz CT molecular complexity index is 923. The second kappa shape index (κ2) is 6.09. The van der Waals surface area contributed by atoms with E-state index >= 15 is 0 Å². The van der Waals surface area contributed by atoms with Gasteiger partial charge in [0, 0.05) is 41.6 Å². The molecule has 2 aliphatic rings. The number of pyridine rings is 1. The summed E-state index contributed by atoms with van der Waals surface area (Å²) in [6, 6.07) is 3.86. The van der Waals surface area contributed by atoms with Crippen molar-refractivity contribution in [2.75, 3.05) is 17.3 Å². The number of nitrogen functional groups attached to an aromatic ring is 1. The van der Waals surface area contributed by atoms with Crippen molar-refractivity contribution in [1.29, 1.82) is 0 Å². The summed E-state index contributed by atoms with van der Waals surface area (Å²) in [5.74, 6) is 1.01. The number of rotatable bonds is 2. The fourth-order valence-corrected chi connectivity index (χ4v) is 4.27. The molecule has 3 heterocycles. The Kier molecular flexibility index (Phi) is 3.99. The van der Waals surface area contributed by atoms with Crippen molar-refractivity contribution in [2.24, 2.45) is 5.41 Å². The van der Waals surface area contributed by atoms with E-state index < -0.39 is 0 Å². The van der Waals surface area contributed by atoms with Crippen LogP contribution in [0.1, 0.15) is 43.7 Å². The zero-order chi connectivity index (χ0) is 18.5. The smallest absolute Gasteiger partial charge is 0.191 e. The van der Waals surface area contributed by atoms with E-state index in [9.17, 15) is 4.79 Å². The number of nitrogens with two attached hydrogens (primary N) is 1. The number of carbonyl (C=O) groups excluding carboxylic acids is 1. The average Bonchev–Trinajstić information content (AvgIpc) is 2.59. The number of carbonyl (C=O) groups is 1. The highest BCUT2D eigenvalue weighted by molar-refractivity contribution is 7.98. The van der Waals surface area contributed by atoms with E-state index in [0.717, 1.165) is 28.8 Å². The van der Waals surface area contributed by atoms with Crippen LogP contribution in [0.2, 0.25) is 0 Å². The number of hydrogen-bond acceptors (Lipinski definition) is 7. The molecule has 0 radical (unpaired) electrons. The minimum absolute atomic E-state index is 0.0792. The zero-order valence-corrected chi connectivity index (χ0v) is 15.9. The van der Waals surface area contributed by atoms with Crippen LogP contribution in [0, 0.1) is 5.41 Å². The average molecular weight is 367 g/mol. The number of aromatic nitrogens is 3. The van der Waals surface area contributed by atoms with Crippen molar-refractivity contribution in [3.63, 3.8) is 0 Å². The molecule has 6 nitrogen and oxygen atoms in total. The van der Waals surface area contributed by atoms with Crippen LogP contribution >= 0.6 is 11.8 Å². The third-order valence-electron chi connectivity index (χ3n) is 4.94. The molecule has 1 aliphatic carbocycles. The van der Waals surface area contributed by atoms with E-state index in [1.807, 2.05) is 18.4 Å². The molecule has 0 bridgehead atoms. The van der Waals surface area contributed by atoms with Gasteiger partial charge in [0.05, 0.1) is 0 Å². The predicted molar refractivity (Wildman–Crippen MR) is 103 cm³/mol. The van der Waals surface area contributed by atoms with Gasteiger partial charge in [-0.2, -0.15) is 0 Å². The van der Waals surface area contributed by atoms with Crippen LogP contribution in [-0.4, -0.2) is 27.0 Å². The van der Waals surface area contributed by atoms with Gasteiger partial charge in [0.2, 0.25) is 0 Å². The highest BCUT2D eigenvalue weighted by atomic mass is 32.2. The highest BCUT2D eigenvalue weighted by Gasteiger charge is 2.42. The quantitative estimate of drug-likeness (QED) is 0.621. The molecule has 3 N–H and O–H groups in total. The maximum absolute atomic E-state index is 13.1. The Labute approximate surface area is 156 Å². The van der Waals surface area contributed by atoms with E-state index in [0.29, 0.717) is 23.2 Å². The first-order chi connectivity index (χ1) is 12.4. The van der Waals surface area contributed by atoms with Gasteiger partial charge in [-0.1, -0.05) is 25.6 Å². The lowest BCUT2D eigenvalue weighted by molar-refractivity contribution is -0.118. The molecule has 0 aromatic carbocycles. The minimum atomic E-state index is -0.260. The van der Waals surface area contributed by atoms with E-state index in [1.165, 1.54) is 11.8 Å². The van der Waals surface area contributed by atoms with E-state index in [1.54, 1.807) is 12.4 Å². The molecule has 0 saturated carbocycles. The molecular formula is C19H21N5OS. The summed E-state index contributed by atoms with van der Waals surface area (Å²) < 4.78 is 0. The number of Topliss-reactive ketones (excluding diaryl/α,β-unsaturated/α-hetero) is 1. The molecule has 0 saturated heterocycles. The molecule has 7 heteroatoms. The minimum Gasteiger partial charge on any atom is -0.383 e. The third kappa shape index (κ3) is 2.76. The van der Waals surface area contributed by atoms with Crippen molar-refractivity contribution in [2.45, 2.75) is 37.8 Å². The van der Waals surface area contributed by atoms with Crippen LogP contribution < -0.4 is 11.1 Å². The van der Waals surface area contributed by atoms with Crippen LogP contribution in [0.4, 0.5) is 11.6 Å². The molecule has 2 aromatic heterocycles. The van der Waals surface area contributed by atoms with E-state index in [-0.39, 0.29) is 17.1 Å². The van der Waals surface area contributed by atoms with Gasteiger partial charge in [0.1, 0.15) is 11.6 Å². The van der Waals surface area contributed by atoms with Crippen molar-refractivity contribution < 1.29 is 4.79 Å². The van der Waals surface area contributed by atoms with Crippen molar-refractivity contribution in [3.8, 4) is 0 Å². The van der Waals surface area contributed by atoms with Gasteiger partial charge in [-0.3, -0.25) is 9.78 Å². The van der Waals surface area contributed by atoms with Gasteiger partial charge in [0.25, 0.3) is 0 Å². The number of anilines is 2. The number of nitrogens with zero attached hydrogens (tertiary/aromatic N) is 3. The van der Waals surface area contributed by atoms with Crippen LogP contribution in [-0.2, 0) is 4.79 Å². The summed E-state index contributed by atoms with van der Waals surface area (Å²) in [7, 11) is 0. The van der Waals surface area contributed by atoms with Crippen LogP contribution in [0.25, 0.3) is 0 Å². The Balaban J connectivity index is 1.97. The van der Waals surface area contributed by atoms with Crippen LogP contribution in [0.3, 0.4) is 0 Å². The third-order valence-corrected chi connectivity index (χ3v) is 5.49. The summed E-state index contributed by atoms with van der Waals surface area (Å²) in [5.41, 5.74) is 9.73. The summed E-state index contributed by atoms with van der Waals surface area (Å²) in [6.07, 6.45) is 6.72.